The van der Waals surface area contributed by atoms with Crippen LogP contribution in [0.4, 0.5) is 8.78 Å². The smallest absolute Gasteiger partial charge is 0.262 e. The van der Waals surface area contributed by atoms with Crippen molar-refractivity contribution in [2.24, 2.45) is 0 Å². The summed E-state index contributed by atoms with van der Waals surface area (Å²) in [4.78, 5) is 0. The van der Waals surface area contributed by atoms with Gasteiger partial charge in [0.15, 0.2) is 0 Å². The highest BCUT2D eigenvalue weighted by molar-refractivity contribution is 5.31. The lowest BCUT2D eigenvalue weighted by Crippen LogP contribution is -2.28. The fraction of sp³-hybridized carbons (Fsp3) is 0.188. The van der Waals surface area contributed by atoms with Crippen LogP contribution in [-0.4, -0.2) is 5.92 Å². The third kappa shape index (κ3) is 4.14. The van der Waals surface area contributed by atoms with Crippen LogP contribution in [0, 0.1) is 6.54 Å². The molecular weight excluding hydrogens is 244 g/mol. The van der Waals surface area contributed by atoms with E-state index in [2.05, 4.69) is 5.32 Å². The van der Waals surface area contributed by atoms with Crippen molar-refractivity contribution < 1.29 is 8.78 Å². The summed E-state index contributed by atoms with van der Waals surface area (Å²) in [6, 6.07) is 18.8. The molecule has 0 aliphatic rings. The van der Waals surface area contributed by atoms with E-state index >= 15 is 0 Å². The minimum Gasteiger partial charge on any atom is -0.296 e. The molecule has 3 heteroatoms. The maximum atomic E-state index is 13.0. The van der Waals surface area contributed by atoms with Crippen molar-refractivity contribution in [2.75, 3.05) is 0 Å². The predicted octanol–water partition coefficient (Wildman–Crippen LogP) is 4.18. The highest BCUT2D eigenvalue weighted by Crippen LogP contribution is 2.24. The zero-order chi connectivity index (χ0) is 13.7. The number of hydrogen-bond donors (Lipinski definition) is 1. The van der Waals surface area contributed by atoms with Gasteiger partial charge in [-0.1, -0.05) is 60.7 Å². The summed E-state index contributed by atoms with van der Waals surface area (Å²) in [6.45, 7) is 1.71. The van der Waals surface area contributed by atoms with Gasteiger partial charge in [-0.2, -0.15) is 0 Å². The largest absolute Gasteiger partial charge is 0.296 e. The molecule has 99 valence electrons. The topological polar surface area (TPSA) is 12.0 Å². The molecule has 2 aromatic carbocycles. The second-order valence-electron chi connectivity index (χ2n) is 4.52. The van der Waals surface area contributed by atoms with E-state index in [0.29, 0.717) is 0 Å². The first kappa shape index (κ1) is 13.7. The van der Waals surface area contributed by atoms with E-state index < -0.39 is 5.92 Å². The summed E-state index contributed by atoms with van der Waals surface area (Å²) in [6.07, 6.45) is 0. The Balaban J connectivity index is 2.24. The van der Waals surface area contributed by atoms with Gasteiger partial charge in [0.25, 0.3) is 5.92 Å². The van der Waals surface area contributed by atoms with Crippen molar-refractivity contribution in [1.29, 1.82) is 0 Å². The number of benzene rings is 2. The molecule has 2 rings (SSSR count). The molecule has 0 atom stereocenters. The third-order valence-corrected chi connectivity index (χ3v) is 2.77. The van der Waals surface area contributed by atoms with Crippen LogP contribution < -0.4 is 5.32 Å². The van der Waals surface area contributed by atoms with Gasteiger partial charge in [0.05, 0.1) is 12.6 Å². The molecule has 0 saturated heterocycles. The Bertz CT molecular complexity index is 452. The van der Waals surface area contributed by atoms with Crippen LogP contribution in [0.1, 0.15) is 24.1 Å². The highest BCUT2D eigenvalue weighted by Gasteiger charge is 2.24. The van der Waals surface area contributed by atoms with Crippen molar-refractivity contribution >= 4 is 0 Å². The minimum absolute atomic E-state index is 0.270. The molecule has 1 nitrogen and oxygen atoms in total. The molecule has 0 amide bonds. The van der Waals surface area contributed by atoms with E-state index in [-0.39, 0.29) is 6.04 Å². The van der Waals surface area contributed by atoms with Crippen molar-refractivity contribution in [3.8, 4) is 0 Å². The molecule has 0 saturated carbocycles. The van der Waals surface area contributed by atoms with Gasteiger partial charge < -0.3 is 0 Å². The van der Waals surface area contributed by atoms with E-state index in [1.165, 1.54) is 0 Å². The Morgan fingerprint density at radius 2 is 1.32 bits per heavy atom. The molecule has 0 unspecified atom stereocenters. The maximum Gasteiger partial charge on any atom is 0.262 e. The van der Waals surface area contributed by atoms with Gasteiger partial charge in [0.1, 0.15) is 0 Å². The lowest BCUT2D eigenvalue weighted by Gasteiger charge is -2.21. The Labute approximate surface area is 112 Å². The summed E-state index contributed by atoms with van der Waals surface area (Å²) in [5, 5.41) is 2.82. The van der Waals surface area contributed by atoms with Crippen molar-refractivity contribution in [3.05, 3.63) is 78.3 Å². The van der Waals surface area contributed by atoms with E-state index in [9.17, 15) is 8.78 Å². The number of hydrogen-bond acceptors (Lipinski definition) is 1. The maximum absolute atomic E-state index is 13.0. The standard InChI is InChI=1S/C16H16F2N/c1-16(17,18)12-19-15(13-8-4-2-5-9-13)14-10-6-3-7-11-14/h2-12,15,19H,1H3. The molecule has 0 aliphatic carbocycles. The first-order chi connectivity index (χ1) is 9.06. The summed E-state index contributed by atoms with van der Waals surface area (Å²) in [7, 11) is 0. The SMILES string of the molecule is CC(F)(F)[CH]NC(c1ccccc1)c1ccccc1. The van der Waals surface area contributed by atoms with Crippen LogP contribution in [0.3, 0.4) is 0 Å². The average Bonchev–Trinajstić information content (AvgIpc) is 2.40. The van der Waals surface area contributed by atoms with E-state index in [4.69, 9.17) is 0 Å². The molecule has 1 radical (unpaired) electrons. The van der Waals surface area contributed by atoms with Gasteiger partial charge in [0, 0.05) is 6.92 Å². The molecule has 0 aromatic heterocycles. The van der Waals surface area contributed by atoms with Gasteiger partial charge in [-0.3, -0.25) is 5.32 Å². The number of alkyl halides is 2. The molecule has 0 bridgehead atoms. The summed E-state index contributed by atoms with van der Waals surface area (Å²) < 4.78 is 26.0. The lowest BCUT2D eigenvalue weighted by atomic mass is 9.98. The normalized spacial score (nSPS) is 11.8. The molecule has 19 heavy (non-hydrogen) atoms. The molecule has 0 spiro atoms. The number of halogens is 2. The van der Waals surface area contributed by atoms with Gasteiger partial charge in [-0.05, 0) is 11.1 Å². The highest BCUT2D eigenvalue weighted by atomic mass is 19.3. The molecule has 0 fully saturated rings. The van der Waals surface area contributed by atoms with Gasteiger partial charge in [-0.15, -0.1) is 0 Å². The molecule has 2 aromatic rings. The van der Waals surface area contributed by atoms with Crippen molar-refractivity contribution in [2.45, 2.75) is 18.9 Å². The fourth-order valence-corrected chi connectivity index (χ4v) is 1.91. The monoisotopic (exact) mass is 260 g/mol. The van der Waals surface area contributed by atoms with Crippen LogP contribution in [0.25, 0.3) is 0 Å². The van der Waals surface area contributed by atoms with Crippen LogP contribution in [0.5, 0.6) is 0 Å². The average molecular weight is 260 g/mol. The minimum atomic E-state index is -2.85. The van der Waals surface area contributed by atoms with Crippen LogP contribution >= 0.6 is 0 Å². The Morgan fingerprint density at radius 3 is 1.68 bits per heavy atom. The van der Waals surface area contributed by atoms with Crippen LogP contribution in [-0.2, 0) is 0 Å². The van der Waals surface area contributed by atoms with Gasteiger partial charge in [-0.25, -0.2) is 8.78 Å². The second-order valence-corrected chi connectivity index (χ2v) is 4.52. The van der Waals surface area contributed by atoms with E-state index in [0.717, 1.165) is 24.6 Å². The lowest BCUT2D eigenvalue weighted by molar-refractivity contribution is 0.0493. The summed E-state index contributed by atoms with van der Waals surface area (Å²) in [5.74, 6) is -2.85. The fourth-order valence-electron chi connectivity index (χ4n) is 1.91. The van der Waals surface area contributed by atoms with Crippen molar-refractivity contribution in [1.82, 2.24) is 5.32 Å². The molecule has 0 aliphatic heterocycles. The summed E-state index contributed by atoms with van der Waals surface area (Å²) in [5.41, 5.74) is 1.91. The number of rotatable bonds is 5. The van der Waals surface area contributed by atoms with Crippen molar-refractivity contribution in [3.63, 3.8) is 0 Å². The Morgan fingerprint density at radius 1 is 0.895 bits per heavy atom. The third-order valence-electron chi connectivity index (χ3n) is 2.77. The van der Waals surface area contributed by atoms with Gasteiger partial charge in [0.2, 0.25) is 0 Å². The zero-order valence-electron chi connectivity index (χ0n) is 10.7. The first-order valence-corrected chi connectivity index (χ1v) is 6.14. The summed E-state index contributed by atoms with van der Waals surface area (Å²) >= 11 is 0. The van der Waals surface area contributed by atoms with Crippen LogP contribution in [0.2, 0.25) is 0 Å². The van der Waals surface area contributed by atoms with Gasteiger partial charge >= 0.3 is 0 Å². The van der Waals surface area contributed by atoms with E-state index in [1.807, 2.05) is 60.7 Å². The second kappa shape index (κ2) is 5.93. The molecular formula is C16H16F2N. The van der Waals surface area contributed by atoms with E-state index in [1.54, 1.807) is 0 Å². The van der Waals surface area contributed by atoms with Crippen LogP contribution in [0.15, 0.2) is 60.7 Å². The first-order valence-electron chi connectivity index (χ1n) is 6.14. The number of nitrogens with one attached hydrogen (secondary N) is 1. The Hall–Kier alpha value is -1.74. The molecule has 0 heterocycles. The quantitative estimate of drug-likeness (QED) is 0.850. The predicted molar refractivity (Wildman–Crippen MR) is 72.8 cm³/mol. The zero-order valence-corrected chi connectivity index (χ0v) is 10.7. The molecule has 1 N–H and O–H groups in total. The Kier molecular flexibility index (Phi) is 4.27.